The third-order valence-corrected chi connectivity index (χ3v) is 4.13. The molecule has 0 aliphatic carbocycles. The van der Waals surface area contributed by atoms with Crippen LogP contribution in [0.1, 0.15) is 10.4 Å². The standard InChI is InChI=1S/C13H12FN3O3S/c1-15-21(19,20)10-6-4-9(5-7-10)17-13(18)11-3-2-8-16-12(11)14/h2-8,15H,1H3,(H,17,18). The number of aromatic nitrogens is 1. The van der Waals surface area contributed by atoms with E-state index >= 15 is 0 Å². The molecule has 0 aliphatic rings. The first-order valence-electron chi connectivity index (χ1n) is 5.89. The summed E-state index contributed by atoms with van der Waals surface area (Å²) in [6, 6.07) is 8.24. The van der Waals surface area contributed by atoms with Crippen LogP contribution in [0.3, 0.4) is 0 Å². The summed E-state index contributed by atoms with van der Waals surface area (Å²) >= 11 is 0. The van der Waals surface area contributed by atoms with Gasteiger partial charge < -0.3 is 5.32 Å². The van der Waals surface area contributed by atoms with Gasteiger partial charge in [-0.1, -0.05) is 0 Å². The van der Waals surface area contributed by atoms with Crippen LogP contribution in [0.25, 0.3) is 0 Å². The number of hydrogen-bond acceptors (Lipinski definition) is 4. The number of amides is 1. The summed E-state index contributed by atoms with van der Waals surface area (Å²) in [5.74, 6) is -1.53. The zero-order valence-corrected chi connectivity index (χ0v) is 11.8. The van der Waals surface area contributed by atoms with E-state index in [1.54, 1.807) is 0 Å². The van der Waals surface area contributed by atoms with E-state index in [9.17, 15) is 17.6 Å². The molecular weight excluding hydrogens is 297 g/mol. The summed E-state index contributed by atoms with van der Waals surface area (Å²) in [6.07, 6.45) is 1.24. The van der Waals surface area contributed by atoms with Crippen molar-refractivity contribution in [3.8, 4) is 0 Å². The van der Waals surface area contributed by atoms with Crippen LogP contribution in [0, 0.1) is 5.95 Å². The Morgan fingerprint density at radius 3 is 2.43 bits per heavy atom. The molecule has 0 saturated heterocycles. The first-order valence-corrected chi connectivity index (χ1v) is 7.38. The van der Waals surface area contributed by atoms with Crippen LogP contribution in [0.15, 0.2) is 47.5 Å². The van der Waals surface area contributed by atoms with Gasteiger partial charge in [-0.3, -0.25) is 4.79 Å². The number of carbonyl (C=O) groups is 1. The summed E-state index contributed by atoms with van der Waals surface area (Å²) in [7, 11) is -2.23. The van der Waals surface area contributed by atoms with Gasteiger partial charge in [0.15, 0.2) is 0 Å². The lowest BCUT2D eigenvalue weighted by atomic mass is 10.2. The van der Waals surface area contributed by atoms with Crippen molar-refractivity contribution in [2.75, 3.05) is 12.4 Å². The number of carbonyl (C=O) groups excluding carboxylic acids is 1. The quantitative estimate of drug-likeness (QED) is 0.835. The molecule has 0 unspecified atom stereocenters. The second-order valence-electron chi connectivity index (χ2n) is 4.03. The van der Waals surface area contributed by atoms with Gasteiger partial charge in [0.25, 0.3) is 5.91 Å². The topological polar surface area (TPSA) is 88.2 Å². The number of nitrogens with zero attached hydrogens (tertiary/aromatic N) is 1. The van der Waals surface area contributed by atoms with E-state index in [-0.39, 0.29) is 10.5 Å². The van der Waals surface area contributed by atoms with Gasteiger partial charge in [-0.25, -0.2) is 18.1 Å². The number of pyridine rings is 1. The Balaban J connectivity index is 2.18. The maximum atomic E-state index is 13.3. The monoisotopic (exact) mass is 309 g/mol. The number of anilines is 1. The molecule has 0 radical (unpaired) electrons. The van der Waals surface area contributed by atoms with Crippen molar-refractivity contribution in [1.29, 1.82) is 0 Å². The minimum Gasteiger partial charge on any atom is -0.322 e. The minimum absolute atomic E-state index is 0.0653. The maximum Gasteiger partial charge on any atom is 0.260 e. The van der Waals surface area contributed by atoms with E-state index in [2.05, 4.69) is 15.0 Å². The molecule has 2 rings (SSSR count). The zero-order chi connectivity index (χ0) is 15.5. The summed E-state index contributed by atoms with van der Waals surface area (Å²) in [5, 5.41) is 2.46. The van der Waals surface area contributed by atoms with Crippen LogP contribution >= 0.6 is 0 Å². The van der Waals surface area contributed by atoms with Gasteiger partial charge >= 0.3 is 0 Å². The molecule has 1 aromatic carbocycles. The minimum atomic E-state index is -3.54. The van der Waals surface area contributed by atoms with Crippen LogP contribution in [0.2, 0.25) is 0 Å². The molecule has 1 amide bonds. The van der Waals surface area contributed by atoms with Gasteiger partial charge in [-0.15, -0.1) is 0 Å². The van der Waals surface area contributed by atoms with Gasteiger partial charge in [0.2, 0.25) is 16.0 Å². The van der Waals surface area contributed by atoms with Crippen molar-refractivity contribution in [1.82, 2.24) is 9.71 Å². The van der Waals surface area contributed by atoms with Crippen molar-refractivity contribution >= 4 is 21.6 Å². The van der Waals surface area contributed by atoms with Crippen molar-refractivity contribution in [2.45, 2.75) is 4.90 Å². The average Bonchev–Trinajstić information content (AvgIpc) is 2.48. The number of benzene rings is 1. The summed E-state index contributed by atoms with van der Waals surface area (Å²) in [5.41, 5.74) is 0.155. The number of sulfonamides is 1. The van der Waals surface area contributed by atoms with Gasteiger partial charge in [0.05, 0.1) is 10.5 Å². The van der Waals surface area contributed by atoms with Crippen LogP contribution in [-0.4, -0.2) is 26.4 Å². The Kier molecular flexibility index (Phi) is 4.29. The van der Waals surface area contributed by atoms with Gasteiger partial charge in [-0.2, -0.15) is 4.39 Å². The lowest BCUT2D eigenvalue weighted by molar-refractivity contribution is 0.102. The largest absolute Gasteiger partial charge is 0.322 e. The highest BCUT2D eigenvalue weighted by Gasteiger charge is 2.14. The fourth-order valence-corrected chi connectivity index (χ4v) is 2.32. The summed E-state index contributed by atoms with van der Waals surface area (Å²) in [4.78, 5) is 15.3. The van der Waals surface area contributed by atoms with E-state index in [1.165, 1.54) is 49.6 Å². The maximum absolute atomic E-state index is 13.3. The Morgan fingerprint density at radius 1 is 1.19 bits per heavy atom. The fraction of sp³-hybridized carbons (Fsp3) is 0.0769. The third kappa shape index (κ3) is 3.41. The zero-order valence-electron chi connectivity index (χ0n) is 11.0. The molecule has 21 heavy (non-hydrogen) atoms. The molecular formula is C13H12FN3O3S. The van der Waals surface area contributed by atoms with E-state index in [1.807, 2.05) is 0 Å². The van der Waals surface area contributed by atoms with Crippen molar-refractivity contribution in [2.24, 2.45) is 0 Å². The molecule has 6 nitrogen and oxygen atoms in total. The molecule has 2 aromatic rings. The lowest BCUT2D eigenvalue weighted by Crippen LogP contribution is -2.18. The number of nitrogens with one attached hydrogen (secondary N) is 2. The molecule has 0 bridgehead atoms. The van der Waals surface area contributed by atoms with Gasteiger partial charge in [0, 0.05) is 11.9 Å². The Labute approximate surface area is 121 Å². The summed E-state index contributed by atoms with van der Waals surface area (Å²) < 4.78 is 38.6. The molecule has 2 N–H and O–H groups in total. The van der Waals surface area contributed by atoms with Crippen LogP contribution in [0.5, 0.6) is 0 Å². The number of halogens is 1. The highest BCUT2D eigenvalue weighted by molar-refractivity contribution is 7.89. The van der Waals surface area contributed by atoms with Crippen LogP contribution in [0.4, 0.5) is 10.1 Å². The Bertz CT molecular complexity index is 760. The van der Waals surface area contributed by atoms with E-state index in [0.29, 0.717) is 5.69 Å². The highest BCUT2D eigenvalue weighted by atomic mass is 32.2. The number of hydrogen-bond donors (Lipinski definition) is 2. The normalized spacial score (nSPS) is 11.1. The SMILES string of the molecule is CNS(=O)(=O)c1ccc(NC(=O)c2cccnc2F)cc1. The third-order valence-electron chi connectivity index (χ3n) is 2.69. The predicted octanol–water partition coefficient (Wildman–Crippen LogP) is 1.38. The second kappa shape index (κ2) is 5.98. The molecule has 0 fully saturated rings. The lowest BCUT2D eigenvalue weighted by Gasteiger charge is -2.07. The summed E-state index contributed by atoms with van der Waals surface area (Å²) in [6.45, 7) is 0. The smallest absolute Gasteiger partial charge is 0.260 e. The van der Waals surface area contributed by atoms with Crippen LogP contribution in [-0.2, 0) is 10.0 Å². The van der Waals surface area contributed by atoms with Crippen molar-refractivity contribution < 1.29 is 17.6 Å². The highest BCUT2D eigenvalue weighted by Crippen LogP contribution is 2.15. The first-order chi connectivity index (χ1) is 9.94. The molecule has 110 valence electrons. The molecule has 8 heteroatoms. The second-order valence-corrected chi connectivity index (χ2v) is 5.91. The van der Waals surface area contributed by atoms with E-state index in [4.69, 9.17) is 0 Å². The predicted molar refractivity (Wildman–Crippen MR) is 74.8 cm³/mol. The molecule has 0 spiro atoms. The van der Waals surface area contributed by atoms with Crippen LogP contribution < -0.4 is 10.0 Å². The van der Waals surface area contributed by atoms with E-state index in [0.717, 1.165) is 0 Å². The fourth-order valence-electron chi connectivity index (χ4n) is 1.59. The number of rotatable bonds is 4. The molecule has 1 aromatic heterocycles. The van der Waals surface area contributed by atoms with Crippen molar-refractivity contribution in [3.05, 3.63) is 54.1 Å². The van der Waals surface area contributed by atoms with Gasteiger partial charge in [0.1, 0.15) is 0 Å². The Hall–Kier alpha value is -2.32. The van der Waals surface area contributed by atoms with Gasteiger partial charge in [-0.05, 0) is 43.4 Å². The Morgan fingerprint density at radius 2 is 1.86 bits per heavy atom. The van der Waals surface area contributed by atoms with E-state index < -0.39 is 21.9 Å². The van der Waals surface area contributed by atoms with Crippen molar-refractivity contribution in [3.63, 3.8) is 0 Å². The molecule has 0 aliphatic heterocycles. The molecule has 0 saturated carbocycles. The average molecular weight is 309 g/mol. The molecule has 1 heterocycles. The first kappa shape index (κ1) is 15.1. The molecule has 0 atom stereocenters.